The molecule has 0 radical (unpaired) electrons. The molecule has 0 spiro atoms. The number of hydrogen-bond acceptors (Lipinski definition) is 1. The van der Waals surface area contributed by atoms with Crippen molar-refractivity contribution >= 4 is 22.2 Å². The standard InChI is InChI=1S/C42H34N2/c1-3-41-43-39-20-12-13-21-40(39)44(41)35-28-26-33(27-29-35)36-17-9-4-6-14-30(2)42(38-19-11-10-18-37(36)38)34-24-22-32(23-25-34)31-15-7-5-8-16-31/h4-16,18-29H,2-3,17H2,1H3/b9-4-,14-6-,37-36+,42-38+. The first-order valence-electron chi connectivity index (χ1n) is 15.3. The lowest BCUT2D eigenvalue weighted by Gasteiger charge is -2.14. The van der Waals surface area contributed by atoms with Gasteiger partial charge in [0, 0.05) is 12.1 Å². The normalized spacial score (nSPS) is 17.2. The van der Waals surface area contributed by atoms with Crippen LogP contribution in [-0.2, 0) is 6.42 Å². The summed E-state index contributed by atoms with van der Waals surface area (Å²) < 4.78 is 2.28. The number of aryl methyl sites for hydroxylation is 1. The number of imidazole rings is 1. The van der Waals surface area contributed by atoms with Crippen molar-refractivity contribution in [1.82, 2.24) is 9.55 Å². The summed E-state index contributed by atoms with van der Waals surface area (Å²) in [6, 6.07) is 45.5. The fourth-order valence-electron chi connectivity index (χ4n) is 6.25. The summed E-state index contributed by atoms with van der Waals surface area (Å²) in [5.74, 6) is 1.07. The van der Waals surface area contributed by atoms with Crippen LogP contribution in [0, 0.1) is 0 Å². The van der Waals surface area contributed by atoms with Crippen molar-refractivity contribution in [1.29, 1.82) is 0 Å². The number of allylic oxidation sites excluding steroid dienone is 5. The van der Waals surface area contributed by atoms with E-state index < -0.39 is 0 Å². The fraction of sp³-hybridized carbons (Fsp3) is 0.0714. The van der Waals surface area contributed by atoms with E-state index in [1.807, 2.05) is 0 Å². The van der Waals surface area contributed by atoms with Crippen LogP contribution in [0.2, 0.25) is 0 Å². The highest BCUT2D eigenvalue weighted by Crippen LogP contribution is 2.27. The van der Waals surface area contributed by atoms with Gasteiger partial charge in [-0.15, -0.1) is 0 Å². The van der Waals surface area contributed by atoms with Gasteiger partial charge < -0.3 is 0 Å². The smallest absolute Gasteiger partial charge is 0.114 e. The first-order valence-corrected chi connectivity index (χ1v) is 15.3. The number of hydrogen-bond donors (Lipinski definition) is 0. The van der Waals surface area contributed by atoms with Gasteiger partial charge in [0.1, 0.15) is 5.82 Å². The molecule has 2 nitrogen and oxygen atoms in total. The number of nitrogens with zero attached hydrogens (tertiary/aromatic N) is 2. The molecule has 1 heterocycles. The van der Waals surface area contributed by atoms with E-state index in [2.05, 4.69) is 170 Å². The number of fused-ring (bicyclic) bond motifs is 2. The summed E-state index contributed by atoms with van der Waals surface area (Å²) in [6.07, 6.45) is 10.3. The first-order chi connectivity index (χ1) is 21.7. The Morgan fingerprint density at radius 3 is 2.05 bits per heavy atom. The van der Waals surface area contributed by atoms with E-state index in [1.165, 1.54) is 32.7 Å². The molecule has 7 rings (SSSR count). The second kappa shape index (κ2) is 12.0. The Bertz CT molecular complexity index is 2160. The van der Waals surface area contributed by atoms with Crippen molar-refractivity contribution in [3.63, 3.8) is 0 Å². The molecule has 5 aromatic carbocycles. The molecule has 1 aliphatic rings. The van der Waals surface area contributed by atoms with Crippen LogP contribution in [-0.4, -0.2) is 9.55 Å². The van der Waals surface area contributed by atoms with Gasteiger partial charge in [0.2, 0.25) is 0 Å². The van der Waals surface area contributed by atoms with E-state index in [4.69, 9.17) is 4.98 Å². The zero-order valence-electron chi connectivity index (χ0n) is 24.9. The maximum absolute atomic E-state index is 4.89. The lowest BCUT2D eigenvalue weighted by Crippen LogP contribution is -2.30. The van der Waals surface area contributed by atoms with Gasteiger partial charge in [-0.25, -0.2) is 4.98 Å². The zero-order valence-corrected chi connectivity index (χ0v) is 24.9. The second-order valence-electron chi connectivity index (χ2n) is 11.1. The van der Waals surface area contributed by atoms with Crippen molar-refractivity contribution in [2.45, 2.75) is 19.8 Å². The quantitative estimate of drug-likeness (QED) is 0.204. The molecule has 2 heteroatoms. The minimum absolute atomic E-state index is 0.821. The highest BCUT2D eigenvalue weighted by atomic mass is 15.1. The Kier molecular flexibility index (Phi) is 7.48. The van der Waals surface area contributed by atoms with Crippen LogP contribution >= 0.6 is 0 Å². The number of rotatable bonds is 5. The van der Waals surface area contributed by atoms with Crippen LogP contribution in [0.15, 0.2) is 164 Å². The molecule has 212 valence electrons. The average Bonchev–Trinajstić information content (AvgIpc) is 3.46. The highest BCUT2D eigenvalue weighted by Gasteiger charge is 2.13. The van der Waals surface area contributed by atoms with Crippen LogP contribution in [0.4, 0.5) is 0 Å². The maximum Gasteiger partial charge on any atom is 0.114 e. The van der Waals surface area contributed by atoms with Gasteiger partial charge in [-0.1, -0.05) is 141 Å². The molecule has 44 heavy (non-hydrogen) atoms. The second-order valence-corrected chi connectivity index (χ2v) is 11.1. The monoisotopic (exact) mass is 566 g/mol. The summed E-state index contributed by atoms with van der Waals surface area (Å²) >= 11 is 0. The van der Waals surface area contributed by atoms with Crippen molar-refractivity contribution in [2.24, 2.45) is 0 Å². The van der Waals surface area contributed by atoms with E-state index >= 15 is 0 Å². The van der Waals surface area contributed by atoms with Gasteiger partial charge in [0.05, 0.1) is 11.0 Å². The summed E-state index contributed by atoms with van der Waals surface area (Å²) in [4.78, 5) is 4.89. The minimum Gasteiger partial charge on any atom is -0.296 e. The molecule has 0 N–H and O–H groups in total. The molecule has 0 amide bonds. The van der Waals surface area contributed by atoms with Crippen molar-refractivity contribution < 1.29 is 0 Å². The van der Waals surface area contributed by atoms with Crippen LogP contribution in [0.25, 0.3) is 39.0 Å². The Hall–Kier alpha value is -5.47. The minimum atomic E-state index is 0.821. The van der Waals surface area contributed by atoms with E-state index in [-0.39, 0.29) is 0 Å². The Balaban J connectivity index is 1.40. The topological polar surface area (TPSA) is 17.8 Å². The number of benzene rings is 5. The predicted octanol–water partition coefficient (Wildman–Crippen LogP) is 8.73. The summed E-state index contributed by atoms with van der Waals surface area (Å²) in [7, 11) is 0. The predicted molar refractivity (Wildman–Crippen MR) is 185 cm³/mol. The van der Waals surface area contributed by atoms with Crippen molar-refractivity contribution in [2.75, 3.05) is 0 Å². The van der Waals surface area contributed by atoms with Crippen LogP contribution in [0.5, 0.6) is 0 Å². The van der Waals surface area contributed by atoms with Gasteiger partial charge in [0.15, 0.2) is 0 Å². The van der Waals surface area contributed by atoms with Crippen LogP contribution < -0.4 is 10.4 Å². The van der Waals surface area contributed by atoms with Gasteiger partial charge >= 0.3 is 0 Å². The van der Waals surface area contributed by atoms with Crippen LogP contribution in [0.3, 0.4) is 0 Å². The zero-order chi connectivity index (χ0) is 29.9. The third-order valence-electron chi connectivity index (χ3n) is 8.41. The van der Waals surface area contributed by atoms with Gasteiger partial charge in [-0.2, -0.15) is 0 Å². The Morgan fingerprint density at radius 1 is 0.636 bits per heavy atom. The molecular weight excluding hydrogens is 532 g/mol. The number of para-hydroxylation sites is 2. The van der Waals surface area contributed by atoms with E-state index in [0.717, 1.165) is 52.1 Å². The molecule has 0 bridgehead atoms. The van der Waals surface area contributed by atoms with Crippen LogP contribution in [0.1, 0.15) is 30.3 Å². The van der Waals surface area contributed by atoms with Gasteiger partial charge in [-0.3, -0.25) is 4.57 Å². The summed E-state index contributed by atoms with van der Waals surface area (Å²) in [5.41, 5.74) is 11.5. The Labute approximate surface area is 259 Å². The number of aromatic nitrogens is 2. The molecule has 1 aliphatic carbocycles. The maximum atomic E-state index is 4.89. The molecular formula is C42H34N2. The Morgan fingerprint density at radius 2 is 1.27 bits per heavy atom. The van der Waals surface area contributed by atoms with E-state index in [0.29, 0.717) is 0 Å². The third kappa shape index (κ3) is 5.16. The van der Waals surface area contributed by atoms with E-state index in [1.54, 1.807) is 0 Å². The molecule has 0 aliphatic heterocycles. The lowest BCUT2D eigenvalue weighted by molar-refractivity contribution is 0.908. The van der Waals surface area contributed by atoms with Crippen molar-refractivity contribution in [3.05, 3.63) is 191 Å². The molecule has 0 saturated carbocycles. The fourth-order valence-corrected chi connectivity index (χ4v) is 6.25. The first kappa shape index (κ1) is 27.4. The van der Waals surface area contributed by atoms with Gasteiger partial charge in [0.25, 0.3) is 0 Å². The molecule has 1 aromatic heterocycles. The summed E-state index contributed by atoms with van der Waals surface area (Å²) in [5, 5.41) is 2.42. The molecule has 0 fully saturated rings. The molecule has 6 aromatic rings. The summed E-state index contributed by atoms with van der Waals surface area (Å²) in [6.45, 7) is 6.69. The SMILES string of the molecule is C=C1/C=C\C=C/C/C(c2ccc(-n3c(CC)nc4ccccc43)cc2)=c2/cccc/c2=C/1c1ccc(-c2ccccc2)cc1. The molecule has 0 atom stereocenters. The van der Waals surface area contributed by atoms with Gasteiger partial charge in [-0.05, 0) is 80.1 Å². The van der Waals surface area contributed by atoms with Crippen molar-refractivity contribution in [3.8, 4) is 16.8 Å². The third-order valence-corrected chi connectivity index (χ3v) is 8.41. The van der Waals surface area contributed by atoms with E-state index in [9.17, 15) is 0 Å². The highest BCUT2D eigenvalue weighted by molar-refractivity contribution is 5.83. The average molecular weight is 567 g/mol. The lowest BCUT2D eigenvalue weighted by atomic mass is 9.90. The molecule has 0 saturated heterocycles. The largest absolute Gasteiger partial charge is 0.296 e. The molecule has 0 unspecified atom stereocenters.